The lowest BCUT2D eigenvalue weighted by Gasteiger charge is -2.28. The van der Waals surface area contributed by atoms with Gasteiger partial charge in [-0.15, -0.1) is 0 Å². The maximum absolute atomic E-state index is 13.4. The standard InChI is InChI=1S/C23H18N2O3/c26-22-19-20(16-10-4-1-5-11-16)25(18-14-8-3-9-15-18)28-21(19)23(27)24(22)17-12-6-2-7-13-17/h1-15,19-21H/t19-,20?,21+/m0/s1. The van der Waals surface area contributed by atoms with Gasteiger partial charge in [-0.1, -0.05) is 66.7 Å². The van der Waals surface area contributed by atoms with Crippen molar-refractivity contribution in [2.24, 2.45) is 5.92 Å². The molecule has 5 nitrogen and oxygen atoms in total. The van der Waals surface area contributed by atoms with Gasteiger partial charge in [0.05, 0.1) is 17.4 Å². The Hall–Kier alpha value is -3.44. The number of anilines is 2. The smallest absolute Gasteiger partial charge is 0.266 e. The molecule has 0 spiro atoms. The summed E-state index contributed by atoms with van der Waals surface area (Å²) in [6, 6.07) is 28.0. The van der Waals surface area contributed by atoms with Gasteiger partial charge < -0.3 is 0 Å². The monoisotopic (exact) mass is 370 g/mol. The summed E-state index contributed by atoms with van der Waals surface area (Å²) in [7, 11) is 0. The SMILES string of the molecule is O=C1[C@@H]2ON(c3ccccc3)C(c3ccccc3)[C@@H]2C(=O)N1c1ccccc1. The van der Waals surface area contributed by atoms with Crippen LogP contribution in [0.3, 0.4) is 0 Å². The summed E-state index contributed by atoms with van der Waals surface area (Å²) in [6.45, 7) is 0. The quantitative estimate of drug-likeness (QED) is 0.659. The maximum atomic E-state index is 13.4. The molecule has 0 aliphatic carbocycles. The average Bonchev–Trinajstić information content (AvgIpc) is 3.26. The van der Waals surface area contributed by atoms with Crippen molar-refractivity contribution in [3.63, 3.8) is 0 Å². The van der Waals surface area contributed by atoms with Crippen molar-refractivity contribution in [1.29, 1.82) is 0 Å². The van der Waals surface area contributed by atoms with Crippen LogP contribution in [0.15, 0.2) is 91.0 Å². The van der Waals surface area contributed by atoms with Crippen molar-refractivity contribution in [1.82, 2.24) is 0 Å². The number of benzene rings is 3. The first-order valence-corrected chi connectivity index (χ1v) is 9.24. The molecule has 2 aliphatic heterocycles. The molecule has 2 aliphatic rings. The number of nitrogens with zero attached hydrogens (tertiary/aromatic N) is 2. The zero-order valence-corrected chi connectivity index (χ0v) is 15.0. The number of imide groups is 1. The second-order valence-corrected chi connectivity index (χ2v) is 6.92. The van der Waals surface area contributed by atoms with E-state index in [1.165, 1.54) is 4.90 Å². The lowest BCUT2D eigenvalue weighted by Crippen LogP contribution is -2.37. The first kappa shape index (κ1) is 16.7. The van der Waals surface area contributed by atoms with E-state index in [1.54, 1.807) is 17.2 Å². The van der Waals surface area contributed by atoms with Gasteiger partial charge in [-0.25, -0.2) is 9.96 Å². The summed E-state index contributed by atoms with van der Waals surface area (Å²) >= 11 is 0. The molecule has 0 saturated carbocycles. The van der Waals surface area contributed by atoms with Gasteiger partial charge in [0.1, 0.15) is 5.92 Å². The molecular formula is C23H18N2O3. The second kappa shape index (κ2) is 6.62. The summed E-state index contributed by atoms with van der Waals surface area (Å²) in [5.41, 5.74) is 2.33. The van der Waals surface area contributed by atoms with Crippen LogP contribution in [-0.2, 0) is 14.4 Å². The molecule has 3 atom stereocenters. The number of hydroxylamine groups is 1. The van der Waals surface area contributed by atoms with Crippen LogP contribution >= 0.6 is 0 Å². The van der Waals surface area contributed by atoms with Crippen LogP contribution in [-0.4, -0.2) is 17.9 Å². The minimum atomic E-state index is -0.835. The third-order valence-electron chi connectivity index (χ3n) is 5.28. The third-order valence-corrected chi connectivity index (χ3v) is 5.28. The number of rotatable bonds is 3. The van der Waals surface area contributed by atoms with Crippen LogP contribution in [0.4, 0.5) is 11.4 Å². The molecule has 2 heterocycles. The summed E-state index contributed by atoms with van der Waals surface area (Å²) in [6.07, 6.45) is -0.835. The predicted molar refractivity (Wildman–Crippen MR) is 105 cm³/mol. The van der Waals surface area contributed by atoms with Gasteiger partial charge in [0.2, 0.25) is 5.91 Å². The van der Waals surface area contributed by atoms with E-state index >= 15 is 0 Å². The minimum absolute atomic E-state index is 0.228. The predicted octanol–water partition coefficient (Wildman–Crippen LogP) is 3.74. The molecule has 28 heavy (non-hydrogen) atoms. The Morgan fingerprint density at radius 1 is 0.643 bits per heavy atom. The molecule has 3 aromatic rings. The fourth-order valence-corrected chi connectivity index (χ4v) is 4.03. The lowest BCUT2D eigenvalue weighted by molar-refractivity contribution is -0.126. The molecular weight excluding hydrogens is 352 g/mol. The van der Waals surface area contributed by atoms with E-state index in [1.807, 2.05) is 78.9 Å². The number of hydrogen-bond donors (Lipinski definition) is 0. The normalized spacial score (nSPS) is 23.9. The van der Waals surface area contributed by atoms with Crippen LogP contribution in [0.5, 0.6) is 0 Å². The molecule has 3 aromatic carbocycles. The molecule has 2 saturated heterocycles. The molecule has 0 aromatic heterocycles. The highest BCUT2D eigenvalue weighted by Crippen LogP contribution is 2.47. The molecule has 2 amide bonds. The highest BCUT2D eigenvalue weighted by molar-refractivity contribution is 6.23. The first-order chi connectivity index (χ1) is 13.8. The molecule has 138 valence electrons. The summed E-state index contributed by atoms with van der Waals surface area (Å²) in [4.78, 5) is 33.8. The van der Waals surface area contributed by atoms with Crippen molar-refractivity contribution in [2.75, 3.05) is 9.96 Å². The Morgan fingerprint density at radius 3 is 1.79 bits per heavy atom. The minimum Gasteiger partial charge on any atom is -0.273 e. The second-order valence-electron chi connectivity index (χ2n) is 6.92. The molecule has 2 fully saturated rings. The van der Waals surface area contributed by atoms with Crippen molar-refractivity contribution in [3.8, 4) is 0 Å². The Balaban J connectivity index is 1.59. The zero-order chi connectivity index (χ0) is 19.1. The van der Waals surface area contributed by atoms with Crippen molar-refractivity contribution in [3.05, 3.63) is 96.6 Å². The number of carbonyl (C=O) groups is 2. The van der Waals surface area contributed by atoms with E-state index in [0.29, 0.717) is 5.69 Å². The highest BCUT2D eigenvalue weighted by Gasteiger charge is 2.60. The Labute approximate surface area is 162 Å². The van der Waals surface area contributed by atoms with E-state index in [2.05, 4.69) is 0 Å². The van der Waals surface area contributed by atoms with E-state index in [0.717, 1.165) is 11.3 Å². The fourth-order valence-electron chi connectivity index (χ4n) is 4.03. The number of carbonyl (C=O) groups excluding carboxylic acids is 2. The topological polar surface area (TPSA) is 49.9 Å². The van der Waals surface area contributed by atoms with Crippen molar-refractivity contribution >= 4 is 23.2 Å². The van der Waals surface area contributed by atoms with Crippen LogP contribution in [0.25, 0.3) is 0 Å². The van der Waals surface area contributed by atoms with Crippen LogP contribution in [0, 0.1) is 5.92 Å². The van der Waals surface area contributed by atoms with Crippen molar-refractivity contribution in [2.45, 2.75) is 12.1 Å². The zero-order valence-electron chi connectivity index (χ0n) is 15.0. The molecule has 1 unspecified atom stereocenters. The molecule has 0 N–H and O–H groups in total. The molecule has 5 rings (SSSR count). The lowest BCUT2D eigenvalue weighted by atomic mass is 9.90. The summed E-state index contributed by atoms with van der Waals surface area (Å²) in [5.74, 6) is -1.15. The van der Waals surface area contributed by atoms with E-state index in [9.17, 15) is 9.59 Å². The Bertz CT molecular complexity index is 1010. The van der Waals surface area contributed by atoms with Crippen molar-refractivity contribution < 1.29 is 14.4 Å². The van der Waals surface area contributed by atoms with Gasteiger partial charge in [0.15, 0.2) is 6.10 Å². The van der Waals surface area contributed by atoms with Gasteiger partial charge in [0.25, 0.3) is 5.91 Å². The van der Waals surface area contributed by atoms with Crippen LogP contribution in [0.2, 0.25) is 0 Å². The fraction of sp³-hybridized carbons (Fsp3) is 0.130. The summed E-state index contributed by atoms with van der Waals surface area (Å²) < 4.78 is 0. The van der Waals surface area contributed by atoms with Gasteiger partial charge in [-0.05, 0) is 29.8 Å². The van der Waals surface area contributed by atoms with Gasteiger partial charge >= 0.3 is 0 Å². The van der Waals surface area contributed by atoms with E-state index in [4.69, 9.17) is 4.84 Å². The van der Waals surface area contributed by atoms with Gasteiger partial charge in [0, 0.05) is 0 Å². The molecule has 0 radical (unpaired) electrons. The molecule has 5 heteroatoms. The molecule has 0 bridgehead atoms. The van der Waals surface area contributed by atoms with Crippen LogP contribution < -0.4 is 9.96 Å². The number of amides is 2. The highest BCUT2D eigenvalue weighted by atomic mass is 16.7. The Morgan fingerprint density at radius 2 is 1.18 bits per heavy atom. The average molecular weight is 370 g/mol. The van der Waals surface area contributed by atoms with Gasteiger partial charge in [-0.3, -0.25) is 14.4 Å². The summed E-state index contributed by atoms with van der Waals surface area (Å²) in [5, 5.41) is 1.71. The van der Waals surface area contributed by atoms with E-state index in [-0.39, 0.29) is 17.9 Å². The van der Waals surface area contributed by atoms with Gasteiger partial charge in [-0.2, -0.15) is 0 Å². The largest absolute Gasteiger partial charge is 0.273 e. The third kappa shape index (κ3) is 2.52. The Kier molecular flexibility index (Phi) is 3.95. The van der Waals surface area contributed by atoms with Crippen LogP contribution in [0.1, 0.15) is 11.6 Å². The number of para-hydroxylation sites is 2. The van der Waals surface area contributed by atoms with E-state index < -0.39 is 12.0 Å². The maximum Gasteiger partial charge on any atom is 0.266 e. The first-order valence-electron chi connectivity index (χ1n) is 9.24. The number of fused-ring (bicyclic) bond motifs is 1. The number of hydrogen-bond acceptors (Lipinski definition) is 4.